The number of hydrogen-bond acceptors (Lipinski definition) is 4. The Morgan fingerprint density at radius 1 is 1.58 bits per heavy atom. The monoisotopic (exact) mass is 258 g/mol. The largest absolute Gasteiger partial charge is 0.367 e. The van der Waals surface area contributed by atoms with Crippen LogP contribution in [-0.2, 0) is 16.0 Å². The number of carbonyl (C=O) groups is 1. The molecule has 1 atom stereocenters. The molecule has 0 saturated carbocycles. The molecule has 0 radical (unpaired) electrons. The molecule has 1 fully saturated rings. The van der Waals surface area contributed by atoms with Crippen LogP contribution in [0.25, 0.3) is 6.08 Å². The van der Waals surface area contributed by atoms with Crippen molar-refractivity contribution < 1.29 is 9.53 Å². The molecule has 0 N–H and O–H groups in total. The highest BCUT2D eigenvalue weighted by atomic mass is 16.5. The summed E-state index contributed by atoms with van der Waals surface area (Å²) in [5.41, 5.74) is 3.42. The summed E-state index contributed by atoms with van der Waals surface area (Å²) in [6, 6.07) is 2.16. The minimum absolute atomic E-state index is 0.179. The van der Waals surface area contributed by atoms with Crippen molar-refractivity contribution in [1.82, 2.24) is 4.98 Å². The minimum Gasteiger partial charge on any atom is -0.367 e. The maximum absolute atomic E-state index is 11.8. The highest BCUT2D eigenvalue weighted by Crippen LogP contribution is 2.24. The van der Waals surface area contributed by atoms with E-state index in [1.54, 1.807) is 0 Å². The number of allylic oxidation sites excluding steroid dienone is 1. The van der Waals surface area contributed by atoms with Gasteiger partial charge in [-0.05, 0) is 11.6 Å². The number of pyridine rings is 1. The lowest BCUT2D eigenvalue weighted by Gasteiger charge is -2.33. The molecular formula is C15H18N2O2. The zero-order valence-electron chi connectivity index (χ0n) is 11.1. The number of nitrogens with zero attached hydrogens (tertiary/aromatic N) is 2. The Morgan fingerprint density at radius 3 is 3.32 bits per heavy atom. The third-order valence-electron chi connectivity index (χ3n) is 3.74. The van der Waals surface area contributed by atoms with E-state index in [9.17, 15) is 4.79 Å². The van der Waals surface area contributed by atoms with Crippen LogP contribution in [0.3, 0.4) is 0 Å². The van der Waals surface area contributed by atoms with E-state index in [0.717, 1.165) is 24.3 Å². The quantitative estimate of drug-likeness (QED) is 0.829. The van der Waals surface area contributed by atoms with Crippen molar-refractivity contribution in [3.63, 3.8) is 0 Å². The highest BCUT2D eigenvalue weighted by Gasteiger charge is 2.26. The maximum Gasteiger partial charge on any atom is 0.163 e. The molecule has 2 aliphatic rings. The van der Waals surface area contributed by atoms with Gasteiger partial charge < -0.3 is 9.64 Å². The first kappa shape index (κ1) is 12.4. The number of anilines is 1. The molecule has 1 aromatic rings. The van der Waals surface area contributed by atoms with Crippen LogP contribution in [0.2, 0.25) is 0 Å². The van der Waals surface area contributed by atoms with Gasteiger partial charge >= 0.3 is 0 Å². The Kier molecular flexibility index (Phi) is 3.34. The molecule has 1 aromatic heterocycles. The van der Waals surface area contributed by atoms with Gasteiger partial charge in [0, 0.05) is 19.4 Å². The topological polar surface area (TPSA) is 42.4 Å². The number of carbonyl (C=O) groups excluding carboxylic acids is 1. The summed E-state index contributed by atoms with van der Waals surface area (Å²) < 4.78 is 5.55. The smallest absolute Gasteiger partial charge is 0.163 e. The number of rotatable bonds is 3. The first-order valence-corrected chi connectivity index (χ1v) is 6.82. The van der Waals surface area contributed by atoms with Gasteiger partial charge in [-0.2, -0.15) is 0 Å². The Hall–Kier alpha value is -1.68. The van der Waals surface area contributed by atoms with Crippen LogP contribution >= 0.6 is 0 Å². The second kappa shape index (κ2) is 5.13. The molecule has 2 heterocycles. The van der Waals surface area contributed by atoms with E-state index in [0.29, 0.717) is 19.6 Å². The fourth-order valence-corrected chi connectivity index (χ4v) is 2.59. The van der Waals surface area contributed by atoms with Gasteiger partial charge in [0.1, 0.15) is 6.10 Å². The van der Waals surface area contributed by atoms with Gasteiger partial charge in [-0.25, -0.2) is 0 Å². The minimum atomic E-state index is -0.289. The average molecular weight is 258 g/mol. The fourth-order valence-electron chi connectivity index (χ4n) is 2.59. The van der Waals surface area contributed by atoms with Crippen LogP contribution in [0, 0.1) is 0 Å². The SMILES string of the molecule is CCC(=O)C1CN(c2cnc3c(c2)C=CC3)CCO1. The summed E-state index contributed by atoms with van der Waals surface area (Å²) in [6.07, 6.45) is 7.32. The van der Waals surface area contributed by atoms with Crippen molar-refractivity contribution in [2.45, 2.75) is 25.9 Å². The Morgan fingerprint density at radius 2 is 2.47 bits per heavy atom. The molecule has 0 amide bonds. The summed E-state index contributed by atoms with van der Waals surface area (Å²) in [7, 11) is 0. The molecule has 1 saturated heterocycles. The van der Waals surface area contributed by atoms with Gasteiger partial charge in [0.05, 0.1) is 30.7 Å². The van der Waals surface area contributed by atoms with Crippen LogP contribution in [0.1, 0.15) is 24.6 Å². The second-order valence-electron chi connectivity index (χ2n) is 4.96. The van der Waals surface area contributed by atoms with E-state index < -0.39 is 0 Å². The number of fused-ring (bicyclic) bond motifs is 1. The average Bonchev–Trinajstić information content (AvgIpc) is 2.94. The second-order valence-corrected chi connectivity index (χ2v) is 4.96. The van der Waals surface area contributed by atoms with Crippen molar-refractivity contribution in [1.29, 1.82) is 0 Å². The van der Waals surface area contributed by atoms with Crippen molar-refractivity contribution >= 4 is 17.5 Å². The molecule has 3 rings (SSSR count). The predicted octanol–water partition coefficient (Wildman–Crippen LogP) is 1.84. The highest BCUT2D eigenvalue weighted by molar-refractivity contribution is 5.83. The number of morpholine rings is 1. The van der Waals surface area contributed by atoms with Crippen LogP contribution in [-0.4, -0.2) is 36.6 Å². The molecule has 1 aliphatic carbocycles. The van der Waals surface area contributed by atoms with Gasteiger partial charge in [0.25, 0.3) is 0 Å². The van der Waals surface area contributed by atoms with Gasteiger partial charge in [0.15, 0.2) is 5.78 Å². The summed E-state index contributed by atoms with van der Waals surface area (Å²) in [6.45, 7) is 3.93. The summed E-state index contributed by atoms with van der Waals surface area (Å²) in [5.74, 6) is 0.179. The third-order valence-corrected chi connectivity index (χ3v) is 3.74. The number of ketones is 1. The van der Waals surface area contributed by atoms with E-state index in [2.05, 4.69) is 28.1 Å². The van der Waals surface area contributed by atoms with Crippen molar-refractivity contribution in [2.24, 2.45) is 0 Å². The normalized spacial score (nSPS) is 21.5. The molecule has 0 aromatic carbocycles. The Labute approximate surface area is 113 Å². The number of hydrogen-bond donors (Lipinski definition) is 0. The molecule has 4 nitrogen and oxygen atoms in total. The van der Waals surface area contributed by atoms with Crippen LogP contribution in [0.15, 0.2) is 18.3 Å². The van der Waals surface area contributed by atoms with Crippen LogP contribution < -0.4 is 4.90 Å². The predicted molar refractivity (Wildman–Crippen MR) is 74.2 cm³/mol. The zero-order valence-corrected chi connectivity index (χ0v) is 11.1. The summed E-state index contributed by atoms with van der Waals surface area (Å²) >= 11 is 0. The van der Waals surface area contributed by atoms with Gasteiger partial charge in [0.2, 0.25) is 0 Å². The van der Waals surface area contributed by atoms with Crippen molar-refractivity contribution in [2.75, 3.05) is 24.6 Å². The summed E-state index contributed by atoms with van der Waals surface area (Å²) in [4.78, 5) is 18.4. The molecule has 1 aliphatic heterocycles. The standard InChI is InChI=1S/C15H18N2O2/c1-2-14(18)15-10-17(6-7-19-15)12-8-11-4-3-5-13(11)16-9-12/h3-4,8-9,15H,2,5-7,10H2,1H3. The molecular weight excluding hydrogens is 240 g/mol. The summed E-state index contributed by atoms with van der Waals surface area (Å²) in [5, 5.41) is 0. The van der Waals surface area contributed by atoms with Gasteiger partial charge in [-0.3, -0.25) is 9.78 Å². The number of Topliss-reactive ketones (excluding diaryl/α,β-unsaturated/α-hetero) is 1. The Balaban J connectivity index is 1.78. The van der Waals surface area contributed by atoms with E-state index in [-0.39, 0.29) is 11.9 Å². The van der Waals surface area contributed by atoms with Crippen molar-refractivity contribution in [3.05, 3.63) is 29.6 Å². The molecule has 1 unspecified atom stereocenters. The lowest BCUT2D eigenvalue weighted by Crippen LogP contribution is -2.46. The molecule has 0 bridgehead atoms. The fraction of sp³-hybridized carbons (Fsp3) is 0.467. The number of aromatic nitrogens is 1. The van der Waals surface area contributed by atoms with Crippen LogP contribution in [0.5, 0.6) is 0 Å². The third kappa shape index (κ3) is 2.40. The lowest BCUT2D eigenvalue weighted by atomic mass is 10.1. The molecule has 19 heavy (non-hydrogen) atoms. The van der Waals surface area contributed by atoms with Crippen molar-refractivity contribution in [3.8, 4) is 0 Å². The van der Waals surface area contributed by atoms with E-state index in [1.165, 1.54) is 5.56 Å². The van der Waals surface area contributed by atoms with E-state index in [4.69, 9.17) is 4.74 Å². The zero-order chi connectivity index (χ0) is 13.2. The maximum atomic E-state index is 11.8. The number of ether oxygens (including phenoxy) is 1. The van der Waals surface area contributed by atoms with Gasteiger partial charge in [-0.1, -0.05) is 19.1 Å². The molecule has 100 valence electrons. The van der Waals surface area contributed by atoms with E-state index in [1.807, 2.05) is 13.1 Å². The van der Waals surface area contributed by atoms with Gasteiger partial charge in [-0.15, -0.1) is 0 Å². The molecule has 0 spiro atoms. The first-order valence-electron chi connectivity index (χ1n) is 6.82. The molecule has 4 heteroatoms. The van der Waals surface area contributed by atoms with Crippen LogP contribution in [0.4, 0.5) is 5.69 Å². The first-order chi connectivity index (χ1) is 9.28. The lowest BCUT2D eigenvalue weighted by molar-refractivity contribution is -0.130. The van der Waals surface area contributed by atoms with E-state index >= 15 is 0 Å². The Bertz CT molecular complexity index is 525.